The predicted molar refractivity (Wildman–Crippen MR) is 115 cm³/mol. The number of hydrogen-bond donors (Lipinski definition) is 2. The van der Waals surface area contributed by atoms with Gasteiger partial charge in [0.15, 0.2) is 0 Å². The molecule has 2 amide bonds. The number of carboxylic acid groups (broad SMARTS) is 1. The molecule has 162 valence electrons. The summed E-state index contributed by atoms with van der Waals surface area (Å²) in [4.78, 5) is 37.8. The zero-order chi connectivity index (χ0) is 22.0. The van der Waals surface area contributed by atoms with E-state index in [1.54, 1.807) is 6.92 Å². The van der Waals surface area contributed by atoms with Crippen molar-refractivity contribution in [2.75, 3.05) is 19.7 Å². The van der Waals surface area contributed by atoms with Crippen LogP contribution in [0.1, 0.15) is 36.8 Å². The van der Waals surface area contributed by atoms with Gasteiger partial charge in [0.25, 0.3) is 0 Å². The van der Waals surface area contributed by atoms with E-state index in [0.29, 0.717) is 19.4 Å². The highest BCUT2D eigenvalue weighted by Crippen LogP contribution is 2.44. The van der Waals surface area contributed by atoms with Gasteiger partial charge in [0.2, 0.25) is 5.91 Å². The number of carbonyl (C=O) groups excluding carboxylic acids is 2. The molecule has 7 heteroatoms. The minimum absolute atomic E-state index is 0.0532. The molecule has 1 fully saturated rings. The summed E-state index contributed by atoms with van der Waals surface area (Å²) in [5.74, 6) is -1.80. The van der Waals surface area contributed by atoms with Crippen LogP contribution in [-0.2, 0) is 14.3 Å². The number of carboxylic acids is 1. The second-order valence-corrected chi connectivity index (χ2v) is 8.15. The second kappa shape index (κ2) is 8.79. The number of likely N-dealkylation sites (tertiary alicyclic amines) is 1. The lowest BCUT2D eigenvalue weighted by molar-refractivity contribution is -0.146. The summed E-state index contributed by atoms with van der Waals surface area (Å²) >= 11 is 0. The Kier molecular flexibility index (Phi) is 5.93. The SMILES string of the molecule is C[C@@H](NC(=O)OCC1c2ccccc2-c2ccccc21)C(=O)N1CCC[C@@H](C(=O)O)C1. The number of nitrogens with one attached hydrogen (secondary N) is 1. The minimum Gasteiger partial charge on any atom is -0.481 e. The van der Waals surface area contributed by atoms with Gasteiger partial charge in [-0.2, -0.15) is 0 Å². The summed E-state index contributed by atoms with van der Waals surface area (Å²) in [6, 6.07) is 15.4. The van der Waals surface area contributed by atoms with Gasteiger partial charge in [-0.1, -0.05) is 48.5 Å². The highest BCUT2D eigenvalue weighted by Gasteiger charge is 2.32. The van der Waals surface area contributed by atoms with Crippen LogP contribution in [0, 0.1) is 5.92 Å². The average molecular weight is 422 g/mol. The van der Waals surface area contributed by atoms with Gasteiger partial charge in [-0.05, 0) is 42.0 Å². The number of aliphatic carboxylic acids is 1. The maximum atomic E-state index is 12.7. The number of piperidine rings is 1. The Bertz CT molecular complexity index is 959. The van der Waals surface area contributed by atoms with E-state index >= 15 is 0 Å². The molecule has 1 heterocycles. The van der Waals surface area contributed by atoms with Crippen LogP contribution in [0.5, 0.6) is 0 Å². The van der Waals surface area contributed by atoms with E-state index in [4.69, 9.17) is 4.74 Å². The Morgan fingerprint density at radius 3 is 2.32 bits per heavy atom. The normalized spacial score (nSPS) is 18.6. The first-order chi connectivity index (χ1) is 15.0. The van der Waals surface area contributed by atoms with Crippen LogP contribution >= 0.6 is 0 Å². The Hall–Kier alpha value is -3.35. The average Bonchev–Trinajstić information content (AvgIpc) is 3.11. The molecule has 0 aromatic heterocycles. The molecule has 0 bridgehead atoms. The Balaban J connectivity index is 1.35. The minimum atomic E-state index is -0.894. The van der Waals surface area contributed by atoms with Crippen LogP contribution in [0.15, 0.2) is 48.5 Å². The molecule has 2 atom stereocenters. The molecule has 7 nitrogen and oxygen atoms in total. The molecule has 2 aromatic rings. The first-order valence-corrected chi connectivity index (χ1v) is 10.6. The molecule has 2 aliphatic rings. The Labute approximate surface area is 181 Å². The molecular weight excluding hydrogens is 396 g/mol. The number of carbonyl (C=O) groups is 3. The molecule has 1 aliphatic carbocycles. The summed E-state index contributed by atoms with van der Waals surface area (Å²) < 4.78 is 5.49. The number of benzene rings is 2. The first-order valence-electron chi connectivity index (χ1n) is 10.6. The third kappa shape index (κ3) is 4.26. The summed E-state index contributed by atoms with van der Waals surface area (Å²) in [6.45, 7) is 2.43. The third-order valence-corrected chi connectivity index (χ3v) is 6.13. The van der Waals surface area contributed by atoms with Crippen molar-refractivity contribution in [2.24, 2.45) is 5.92 Å². The molecular formula is C24H26N2O5. The number of fused-ring (bicyclic) bond motifs is 3. The molecule has 4 rings (SSSR count). The summed E-state index contributed by atoms with van der Waals surface area (Å²) in [5.41, 5.74) is 4.53. The monoisotopic (exact) mass is 422 g/mol. The maximum absolute atomic E-state index is 12.7. The third-order valence-electron chi connectivity index (χ3n) is 6.13. The number of nitrogens with zero attached hydrogens (tertiary/aromatic N) is 1. The highest BCUT2D eigenvalue weighted by atomic mass is 16.5. The molecule has 1 saturated heterocycles. The van der Waals surface area contributed by atoms with Gasteiger partial charge in [0.05, 0.1) is 5.92 Å². The lowest BCUT2D eigenvalue weighted by Crippen LogP contribution is -2.51. The lowest BCUT2D eigenvalue weighted by Gasteiger charge is -2.32. The largest absolute Gasteiger partial charge is 0.481 e. The van der Waals surface area contributed by atoms with E-state index in [1.807, 2.05) is 36.4 Å². The fourth-order valence-corrected chi connectivity index (χ4v) is 4.53. The number of amides is 2. The zero-order valence-corrected chi connectivity index (χ0v) is 17.4. The molecule has 0 saturated carbocycles. The Morgan fingerprint density at radius 1 is 1.10 bits per heavy atom. The maximum Gasteiger partial charge on any atom is 0.407 e. The van der Waals surface area contributed by atoms with E-state index in [0.717, 1.165) is 22.3 Å². The van der Waals surface area contributed by atoms with Crippen molar-refractivity contribution >= 4 is 18.0 Å². The van der Waals surface area contributed by atoms with Crippen LogP contribution in [-0.4, -0.2) is 53.7 Å². The Morgan fingerprint density at radius 2 is 1.71 bits per heavy atom. The van der Waals surface area contributed by atoms with Crippen molar-refractivity contribution in [3.05, 3.63) is 59.7 Å². The quantitative estimate of drug-likeness (QED) is 0.771. The fraction of sp³-hybridized carbons (Fsp3) is 0.375. The van der Waals surface area contributed by atoms with E-state index in [-0.39, 0.29) is 25.0 Å². The molecule has 1 aliphatic heterocycles. The first kappa shape index (κ1) is 20.9. The van der Waals surface area contributed by atoms with Gasteiger partial charge < -0.3 is 20.1 Å². The molecule has 0 radical (unpaired) electrons. The number of rotatable bonds is 5. The standard InChI is InChI=1S/C24H26N2O5/c1-15(22(27)26-12-6-7-16(13-26)23(28)29)25-24(30)31-14-21-19-10-4-2-8-17(19)18-9-3-5-11-20(18)21/h2-5,8-11,15-16,21H,6-7,12-14H2,1H3,(H,25,30)(H,28,29)/t15-,16-/m1/s1. The van der Waals surface area contributed by atoms with Gasteiger partial charge in [-0.15, -0.1) is 0 Å². The number of alkyl carbamates (subject to hydrolysis) is 1. The van der Waals surface area contributed by atoms with E-state index in [1.165, 1.54) is 4.90 Å². The van der Waals surface area contributed by atoms with Crippen molar-refractivity contribution < 1.29 is 24.2 Å². The summed E-state index contributed by atoms with van der Waals surface area (Å²) in [5, 5.41) is 11.8. The number of ether oxygens (including phenoxy) is 1. The second-order valence-electron chi connectivity index (χ2n) is 8.15. The van der Waals surface area contributed by atoms with Crippen LogP contribution in [0.2, 0.25) is 0 Å². The van der Waals surface area contributed by atoms with E-state index in [9.17, 15) is 19.5 Å². The van der Waals surface area contributed by atoms with Crippen LogP contribution in [0.4, 0.5) is 4.79 Å². The molecule has 0 unspecified atom stereocenters. The van der Waals surface area contributed by atoms with Crippen molar-refractivity contribution in [1.29, 1.82) is 0 Å². The van der Waals surface area contributed by atoms with Crippen molar-refractivity contribution in [3.8, 4) is 11.1 Å². The highest BCUT2D eigenvalue weighted by molar-refractivity contribution is 5.86. The van der Waals surface area contributed by atoms with Crippen molar-refractivity contribution in [2.45, 2.75) is 31.7 Å². The van der Waals surface area contributed by atoms with Crippen molar-refractivity contribution in [1.82, 2.24) is 10.2 Å². The van der Waals surface area contributed by atoms with Crippen LogP contribution in [0.25, 0.3) is 11.1 Å². The zero-order valence-electron chi connectivity index (χ0n) is 17.4. The van der Waals surface area contributed by atoms with E-state index < -0.39 is 24.0 Å². The van der Waals surface area contributed by atoms with Gasteiger partial charge >= 0.3 is 12.1 Å². The summed E-state index contributed by atoms with van der Waals surface area (Å²) in [6.07, 6.45) is 0.544. The fourth-order valence-electron chi connectivity index (χ4n) is 4.53. The van der Waals surface area contributed by atoms with Gasteiger partial charge in [-0.25, -0.2) is 4.79 Å². The van der Waals surface area contributed by atoms with Gasteiger partial charge in [0, 0.05) is 19.0 Å². The topological polar surface area (TPSA) is 95.9 Å². The molecule has 2 aromatic carbocycles. The van der Waals surface area contributed by atoms with Crippen molar-refractivity contribution in [3.63, 3.8) is 0 Å². The smallest absolute Gasteiger partial charge is 0.407 e. The molecule has 2 N–H and O–H groups in total. The molecule has 31 heavy (non-hydrogen) atoms. The molecule has 0 spiro atoms. The van der Waals surface area contributed by atoms with Gasteiger partial charge in [0.1, 0.15) is 12.6 Å². The summed E-state index contributed by atoms with van der Waals surface area (Å²) in [7, 11) is 0. The lowest BCUT2D eigenvalue weighted by atomic mass is 9.98. The van der Waals surface area contributed by atoms with Gasteiger partial charge in [-0.3, -0.25) is 9.59 Å². The number of hydrogen-bond acceptors (Lipinski definition) is 4. The van der Waals surface area contributed by atoms with Crippen LogP contribution in [0.3, 0.4) is 0 Å². The van der Waals surface area contributed by atoms with Crippen LogP contribution < -0.4 is 5.32 Å². The van der Waals surface area contributed by atoms with E-state index in [2.05, 4.69) is 17.4 Å². The predicted octanol–water partition coefficient (Wildman–Crippen LogP) is 3.24.